The Morgan fingerprint density at radius 2 is 1.89 bits per heavy atom. The zero-order valence-electron chi connectivity index (χ0n) is 9.04. The molecule has 0 saturated heterocycles. The second-order valence-electron chi connectivity index (χ2n) is 3.48. The van der Waals surface area contributed by atoms with Crippen molar-refractivity contribution in [3.8, 4) is 0 Å². The van der Waals surface area contributed by atoms with Crippen LogP contribution in [0.2, 0.25) is 0 Å². The molecular formula is C12H7IN2O3. The predicted octanol–water partition coefficient (Wildman–Crippen LogP) is 2.83. The fraction of sp³-hybridized carbons (Fsp3) is 0. The van der Waals surface area contributed by atoms with Crippen LogP contribution >= 0.6 is 22.6 Å². The van der Waals surface area contributed by atoms with E-state index in [1.54, 1.807) is 6.07 Å². The molecule has 5 nitrogen and oxygen atoms in total. The van der Waals surface area contributed by atoms with E-state index in [0.29, 0.717) is 9.13 Å². The number of aromatic nitrogens is 1. The summed E-state index contributed by atoms with van der Waals surface area (Å²) in [6.07, 6.45) is 2.96. The van der Waals surface area contributed by atoms with Crippen LogP contribution in [0.4, 0.5) is 5.69 Å². The summed E-state index contributed by atoms with van der Waals surface area (Å²) in [6.45, 7) is 0. The van der Waals surface area contributed by atoms with Crippen molar-refractivity contribution in [3.05, 3.63) is 67.5 Å². The molecule has 0 unspecified atom stereocenters. The average Bonchev–Trinajstić information content (AvgIpc) is 2.39. The molecule has 0 aliphatic carbocycles. The van der Waals surface area contributed by atoms with Crippen molar-refractivity contribution in [1.82, 2.24) is 4.98 Å². The molecule has 2 rings (SSSR count). The van der Waals surface area contributed by atoms with Gasteiger partial charge in [0.1, 0.15) is 5.56 Å². The summed E-state index contributed by atoms with van der Waals surface area (Å²) in [7, 11) is 0. The highest BCUT2D eigenvalue weighted by Gasteiger charge is 2.21. The summed E-state index contributed by atoms with van der Waals surface area (Å²) < 4.78 is 0.713. The van der Waals surface area contributed by atoms with Gasteiger partial charge in [-0.1, -0.05) is 0 Å². The number of nitro benzene ring substituents is 1. The molecule has 2 aromatic rings. The Morgan fingerprint density at radius 3 is 2.50 bits per heavy atom. The number of hydrogen-bond donors (Lipinski definition) is 0. The van der Waals surface area contributed by atoms with E-state index in [1.807, 2.05) is 22.6 Å². The fourth-order valence-corrected chi connectivity index (χ4v) is 1.98. The number of carbonyl (C=O) groups excluding carboxylic acids is 1. The van der Waals surface area contributed by atoms with E-state index in [9.17, 15) is 14.9 Å². The third-order valence-corrected chi connectivity index (χ3v) is 3.01. The van der Waals surface area contributed by atoms with Crippen molar-refractivity contribution >= 4 is 34.1 Å². The van der Waals surface area contributed by atoms with Crippen LogP contribution in [-0.4, -0.2) is 15.7 Å². The number of rotatable bonds is 3. The van der Waals surface area contributed by atoms with Gasteiger partial charge < -0.3 is 0 Å². The van der Waals surface area contributed by atoms with Gasteiger partial charge in [-0.3, -0.25) is 19.9 Å². The van der Waals surface area contributed by atoms with Crippen LogP contribution in [0.25, 0.3) is 0 Å². The third kappa shape index (κ3) is 2.53. The number of ketones is 1. The molecule has 1 aromatic carbocycles. The average molecular weight is 354 g/mol. The highest BCUT2D eigenvalue weighted by atomic mass is 127. The molecule has 0 spiro atoms. The van der Waals surface area contributed by atoms with Crippen LogP contribution in [0.1, 0.15) is 15.9 Å². The molecule has 0 N–H and O–H groups in total. The van der Waals surface area contributed by atoms with Gasteiger partial charge in [0, 0.05) is 27.6 Å². The molecule has 0 bridgehead atoms. The van der Waals surface area contributed by atoms with Gasteiger partial charge in [-0.25, -0.2) is 0 Å². The Bertz CT molecular complexity index is 614. The minimum Gasteiger partial charge on any atom is -0.288 e. The van der Waals surface area contributed by atoms with Crippen LogP contribution in [0.15, 0.2) is 42.7 Å². The lowest BCUT2D eigenvalue weighted by Gasteiger charge is -2.02. The minimum absolute atomic E-state index is 0.0895. The molecule has 90 valence electrons. The van der Waals surface area contributed by atoms with Gasteiger partial charge in [-0.15, -0.1) is 0 Å². The largest absolute Gasteiger partial charge is 0.288 e. The van der Waals surface area contributed by atoms with Crippen LogP contribution in [-0.2, 0) is 0 Å². The summed E-state index contributed by atoms with van der Waals surface area (Å²) >= 11 is 1.97. The van der Waals surface area contributed by atoms with Gasteiger partial charge in [-0.2, -0.15) is 0 Å². The first kappa shape index (κ1) is 12.6. The van der Waals surface area contributed by atoms with Crippen LogP contribution < -0.4 is 0 Å². The molecule has 18 heavy (non-hydrogen) atoms. The van der Waals surface area contributed by atoms with Crippen molar-refractivity contribution in [3.63, 3.8) is 0 Å². The number of carbonyl (C=O) groups is 1. The second-order valence-corrected chi connectivity index (χ2v) is 4.73. The quantitative estimate of drug-likeness (QED) is 0.368. The standard InChI is InChI=1S/C12H7IN2O3/c13-9-1-2-10(11(7-9)15(17)18)12(16)8-3-5-14-6-4-8/h1-7H. The van der Waals surface area contributed by atoms with Gasteiger partial charge in [0.25, 0.3) is 5.69 Å². The maximum Gasteiger partial charge on any atom is 0.281 e. The molecule has 0 amide bonds. The number of pyridine rings is 1. The number of hydrogen-bond acceptors (Lipinski definition) is 4. The smallest absolute Gasteiger partial charge is 0.281 e. The van der Waals surface area contributed by atoms with Crippen molar-refractivity contribution < 1.29 is 9.72 Å². The van der Waals surface area contributed by atoms with Crippen molar-refractivity contribution in [1.29, 1.82) is 0 Å². The second kappa shape index (κ2) is 5.21. The molecule has 0 radical (unpaired) electrons. The van der Waals surface area contributed by atoms with E-state index in [1.165, 1.54) is 36.7 Å². The first-order valence-electron chi connectivity index (χ1n) is 4.98. The monoisotopic (exact) mass is 354 g/mol. The zero-order chi connectivity index (χ0) is 13.1. The molecular weight excluding hydrogens is 347 g/mol. The summed E-state index contributed by atoms with van der Waals surface area (Å²) in [5, 5.41) is 10.9. The first-order valence-corrected chi connectivity index (χ1v) is 6.06. The molecule has 0 atom stereocenters. The number of benzene rings is 1. The molecule has 6 heteroatoms. The van der Waals surface area contributed by atoms with Gasteiger partial charge >= 0.3 is 0 Å². The van der Waals surface area contributed by atoms with Gasteiger partial charge in [0.05, 0.1) is 4.92 Å². The number of nitro groups is 1. The Labute approximate surface area is 116 Å². The lowest BCUT2D eigenvalue weighted by atomic mass is 10.0. The minimum atomic E-state index is -0.545. The van der Waals surface area contributed by atoms with E-state index >= 15 is 0 Å². The highest BCUT2D eigenvalue weighted by molar-refractivity contribution is 14.1. The Balaban J connectivity index is 2.52. The van der Waals surface area contributed by atoms with Gasteiger partial charge in [0.2, 0.25) is 0 Å². The number of halogens is 1. The fourth-order valence-electron chi connectivity index (χ4n) is 1.51. The lowest BCUT2D eigenvalue weighted by Crippen LogP contribution is -2.05. The van der Waals surface area contributed by atoms with E-state index in [2.05, 4.69) is 4.98 Å². The maximum atomic E-state index is 12.1. The molecule has 1 heterocycles. The first-order chi connectivity index (χ1) is 8.59. The molecule has 0 aliphatic heterocycles. The normalized spacial score (nSPS) is 10.1. The van der Waals surface area contributed by atoms with Gasteiger partial charge in [-0.05, 0) is 46.9 Å². The molecule has 1 aromatic heterocycles. The van der Waals surface area contributed by atoms with Crippen LogP contribution in [0.3, 0.4) is 0 Å². The van der Waals surface area contributed by atoms with Crippen LogP contribution in [0, 0.1) is 13.7 Å². The molecule has 0 saturated carbocycles. The number of nitrogens with zero attached hydrogens (tertiary/aromatic N) is 2. The van der Waals surface area contributed by atoms with Crippen molar-refractivity contribution in [2.24, 2.45) is 0 Å². The highest BCUT2D eigenvalue weighted by Crippen LogP contribution is 2.23. The SMILES string of the molecule is O=C(c1ccncc1)c1ccc(I)cc1[N+](=O)[O-]. The Morgan fingerprint density at radius 1 is 1.22 bits per heavy atom. The summed E-state index contributed by atoms with van der Waals surface area (Å²) in [6, 6.07) is 7.59. The van der Waals surface area contributed by atoms with Crippen molar-refractivity contribution in [2.45, 2.75) is 0 Å². The third-order valence-electron chi connectivity index (χ3n) is 2.34. The Hall–Kier alpha value is -1.83. The van der Waals surface area contributed by atoms with E-state index < -0.39 is 4.92 Å². The summed E-state index contributed by atoms with van der Waals surface area (Å²) in [5.41, 5.74) is 0.296. The predicted molar refractivity (Wildman–Crippen MR) is 73.5 cm³/mol. The van der Waals surface area contributed by atoms with E-state index in [0.717, 1.165) is 0 Å². The van der Waals surface area contributed by atoms with E-state index in [4.69, 9.17) is 0 Å². The topological polar surface area (TPSA) is 73.1 Å². The maximum absolute atomic E-state index is 12.1. The van der Waals surface area contributed by atoms with Crippen LogP contribution in [0.5, 0.6) is 0 Å². The zero-order valence-corrected chi connectivity index (χ0v) is 11.2. The van der Waals surface area contributed by atoms with Gasteiger partial charge in [0.15, 0.2) is 5.78 Å². The molecule has 0 aliphatic rings. The van der Waals surface area contributed by atoms with E-state index in [-0.39, 0.29) is 17.0 Å². The Kier molecular flexibility index (Phi) is 3.66. The van der Waals surface area contributed by atoms with Crippen molar-refractivity contribution in [2.75, 3.05) is 0 Å². The summed E-state index contributed by atoms with van der Waals surface area (Å²) in [5.74, 6) is -0.375. The lowest BCUT2D eigenvalue weighted by molar-refractivity contribution is -0.385. The molecule has 0 fully saturated rings. The summed E-state index contributed by atoms with van der Waals surface area (Å²) in [4.78, 5) is 26.4.